The monoisotopic (exact) mass is 176 g/mol. The van der Waals surface area contributed by atoms with Crippen LogP contribution in [0.5, 0.6) is 0 Å². The number of carbonyl (C=O) groups excluding carboxylic acids is 1. The van der Waals surface area contributed by atoms with Crippen LogP contribution in [0.1, 0.15) is 0 Å². The SMILES string of the molecule is COCCN(CCOC)C(=O)[O-]. The maximum atomic E-state index is 10.4. The van der Waals surface area contributed by atoms with Crippen LogP contribution in [-0.2, 0) is 9.47 Å². The Morgan fingerprint density at radius 3 is 1.92 bits per heavy atom. The van der Waals surface area contributed by atoms with Crippen molar-refractivity contribution >= 4 is 6.09 Å². The van der Waals surface area contributed by atoms with Gasteiger partial charge < -0.3 is 24.3 Å². The summed E-state index contributed by atoms with van der Waals surface area (Å²) in [4.78, 5) is 11.6. The Morgan fingerprint density at radius 2 is 1.67 bits per heavy atom. The minimum absolute atomic E-state index is 0.322. The molecule has 0 saturated carbocycles. The zero-order chi connectivity index (χ0) is 9.40. The van der Waals surface area contributed by atoms with Gasteiger partial charge in [-0.3, -0.25) is 0 Å². The van der Waals surface area contributed by atoms with Crippen molar-refractivity contribution in [3.05, 3.63) is 0 Å². The van der Waals surface area contributed by atoms with Crippen LogP contribution >= 0.6 is 0 Å². The number of methoxy groups -OCH3 is 2. The van der Waals surface area contributed by atoms with Crippen LogP contribution in [0, 0.1) is 0 Å². The van der Waals surface area contributed by atoms with Gasteiger partial charge in [0.05, 0.1) is 13.2 Å². The second kappa shape index (κ2) is 6.87. The number of carboxylic acid groups (broad SMARTS) is 1. The molecular formula is C7H14NO4-. The average molecular weight is 176 g/mol. The zero-order valence-electron chi connectivity index (χ0n) is 7.41. The molecule has 0 aliphatic rings. The van der Waals surface area contributed by atoms with Gasteiger partial charge in [-0.1, -0.05) is 0 Å². The summed E-state index contributed by atoms with van der Waals surface area (Å²) >= 11 is 0. The summed E-state index contributed by atoms with van der Waals surface area (Å²) in [6.07, 6.45) is -1.19. The number of rotatable bonds is 6. The predicted molar refractivity (Wildman–Crippen MR) is 40.7 cm³/mol. The van der Waals surface area contributed by atoms with E-state index < -0.39 is 6.09 Å². The van der Waals surface area contributed by atoms with E-state index in [0.29, 0.717) is 26.3 Å². The summed E-state index contributed by atoms with van der Waals surface area (Å²) < 4.78 is 9.46. The maximum absolute atomic E-state index is 10.4. The molecule has 0 aromatic heterocycles. The van der Waals surface area contributed by atoms with E-state index in [1.165, 1.54) is 14.2 Å². The standard InChI is InChI=1S/C7H15NO4/c1-11-5-3-8(7(9)10)4-6-12-2/h3-6H2,1-2H3,(H,9,10)/p-1. The lowest BCUT2D eigenvalue weighted by molar-refractivity contribution is -0.266. The van der Waals surface area contributed by atoms with Crippen LogP contribution < -0.4 is 5.11 Å². The van der Waals surface area contributed by atoms with Gasteiger partial charge in [0.15, 0.2) is 0 Å². The molecule has 0 aromatic rings. The van der Waals surface area contributed by atoms with Gasteiger partial charge in [0.2, 0.25) is 0 Å². The smallest absolute Gasteiger partial charge is 0.137 e. The fourth-order valence-electron chi connectivity index (χ4n) is 0.697. The number of nitrogens with zero attached hydrogens (tertiary/aromatic N) is 1. The highest BCUT2D eigenvalue weighted by molar-refractivity contribution is 5.62. The van der Waals surface area contributed by atoms with Crippen molar-refractivity contribution in [3.8, 4) is 0 Å². The van der Waals surface area contributed by atoms with E-state index in [1.54, 1.807) is 0 Å². The van der Waals surface area contributed by atoms with Gasteiger partial charge in [-0.2, -0.15) is 0 Å². The van der Waals surface area contributed by atoms with Crippen molar-refractivity contribution in [2.75, 3.05) is 40.5 Å². The van der Waals surface area contributed by atoms with Gasteiger partial charge in [0.25, 0.3) is 0 Å². The van der Waals surface area contributed by atoms with E-state index in [0.717, 1.165) is 4.90 Å². The molecule has 0 spiro atoms. The molecular weight excluding hydrogens is 162 g/mol. The minimum Gasteiger partial charge on any atom is -0.530 e. The molecule has 0 bridgehead atoms. The quantitative estimate of drug-likeness (QED) is 0.516. The molecule has 0 aromatic carbocycles. The zero-order valence-corrected chi connectivity index (χ0v) is 7.41. The van der Waals surface area contributed by atoms with Crippen LogP contribution in [0.4, 0.5) is 4.79 Å². The molecule has 72 valence electrons. The van der Waals surface area contributed by atoms with Crippen molar-refractivity contribution in [1.82, 2.24) is 4.90 Å². The van der Waals surface area contributed by atoms with E-state index in [4.69, 9.17) is 9.47 Å². The minimum atomic E-state index is -1.19. The molecule has 0 saturated heterocycles. The van der Waals surface area contributed by atoms with Crippen LogP contribution in [-0.4, -0.2) is 51.5 Å². The Morgan fingerprint density at radius 1 is 1.25 bits per heavy atom. The van der Waals surface area contributed by atoms with E-state index in [1.807, 2.05) is 0 Å². The first-order valence-electron chi connectivity index (χ1n) is 3.66. The Hall–Kier alpha value is -0.810. The first-order valence-corrected chi connectivity index (χ1v) is 3.66. The fraction of sp³-hybridized carbons (Fsp3) is 0.857. The fourth-order valence-corrected chi connectivity index (χ4v) is 0.697. The predicted octanol–water partition coefficient (Wildman–Crippen LogP) is -1.08. The molecule has 0 N–H and O–H groups in total. The lowest BCUT2D eigenvalue weighted by Gasteiger charge is -2.23. The van der Waals surface area contributed by atoms with Gasteiger partial charge in [0.1, 0.15) is 6.09 Å². The van der Waals surface area contributed by atoms with Crippen molar-refractivity contribution in [2.24, 2.45) is 0 Å². The molecule has 0 heterocycles. The molecule has 0 rings (SSSR count). The van der Waals surface area contributed by atoms with Gasteiger partial charge in [0, 0.05) is 27.3 Å². The molecule has 5 heteroatoms. The summed E-state index contributed by atoms with van der Waals surface area (Å²) in [7, 11) is 3.04. The van der Waals surface area contributed by atoms with Crippen molar-refractivity contribution < 1.29 is 19.4 Å². The normalized spacial score (nSPS) is 9.83. The van der Waals surface area contributed by atoms with Gasteiger partial charge >= 0.3 is 0 Å². The average Bonchev–Trinajstić information content (AvgIpc) is 2.04. The van der Waals surface area contributed by atoms with Gasteiger partial charge in [-0.25, -0.2) is 0 Å². The lowest BCUT2D eigenvalue weighted by atomic mass is 10.5. The number of ether oxygens (including phenoxy) is 2. The number of amides is 1. The lowest BCUT2D eigenvalue weighted by Crippen LogP contribution is -2.44. The largest absolute Gasteiger partial charge is 0.530 e. The second-order valence-electron chi connectivity index (χ2n) is 2.24. The molecule has 1 amide bonds. The molecule has 12 heavy (non-hydrogen) atoms. The Balaban J connectivity index is 3.62. The van der Waals surface area contributed by atoms with Crippen LogP contribution in [0.3, 0.4) is 0 Å². The van der Waals surface area contributed by atoms with Crippen LogP contribution in [0.2, 0.25) is 0 Å². The molecule has 0 atom stereocenters. The van der Waals surface area contributed by atoms with Crippen molar-refractivity contribution in [1.29, 1.82) is 0 Å². The highest BCUT2D eigenvalue weighted by atomic mass is 16.5. The summed E-state index contributed by atoms with van der Waals surface area (Å²) in [5.41, 5.74) is 0. The summed E-state index contributed by atoms with van der Waals surface area (Å²) in [5.74, 6) is 0. The summed E-state index contributed by atoms with van der Waals surface area (Å²) in [6, 6.07) is 0. The number of hydrogen-bond donors (Lipinski definition) is 0. The molecule has 0 unspecified atom stereocenters. The first-order chi connectivity index (χ1) is 5.72. The molecule has 0 radical (unpaired) electrons. The number of carbonyl (C=O) groups is 1. The van der Waals surface area contributed by atoms with E-state index in [2.05, 4.69) is 0 Å². The third-order valence-corrected chi connectivity index (χ3v) is 1.39. The highest BCUT2D eigenvalue weighted by Crippen LogP contribution is 1.87. The third kappa shape index (κ3) is 4.92. The first kappa shape index (κ1) is 11.2. The second-order valence-corrected chi connectivity index (χ2v) is 2.24. The molecule has 0 fully saturated rings. The van der Waals surface area contributed by atoms with Crippen LogP contribution in [0.15, 0.2) is 0 Å². The van der Waals surface area contributed by atoms with Crippen LogP contribution in [0.25, 0.3) is 0 Å². The Bertz CT molecular complexity index is 121. The number of hydrogen-bond acceptors (Lipinski definition) is 4. The Kier molecular flexibility index (Phi) is 6.41. The third-order valence-electron chi connectivity index (χ3n) is 1.39. The molecule has 0 aliphatic carbocycles. The van der Waals surface area contributed by atoms with E-state index >= 15 is 0 Å². The van der Waals surface area contributed by atoms with Gasteiger partial charge in [-0.05, 0) is 0 Å². The summed E-state index contributed by atoms with van der Waals surface area (Å²) in [5, 5.41) is 10.4. The Labute approximate surface area is 71.9 Å². The maximum Gasteiger partial charge on any atom is 0.137 e. The van der Waals surface area contributed by atoms with Crippen molar-refractivity contribution in [3.63, 3.8) is 0 Å². The van der Waals surface area contributed by atoms with Gasteiger partial charge in [-0.15, -0.1) is 0 Å². The van der Waals surface area contributed by atoms with Crippen molar-refractivity contribution in [2.45, 2.75) is 0 Å². The summed E-state index contributed by atoms with van der Waals surface area (Å²) in [6.45, 7) is 1.39. The molecule has 5 nitrogen and oxygen atoms in total. The van der Waals surface area contributed by atoms with E-state index in [-0.39, 0.29) is 0 Å². The topological polar surface area (TPSA) is 61.8 Å². The highest BCUT2D eigenvalue weighted by Gasteiger charge is 2.02. The molecule has 0 aliphatic heterocycles. The van der Waals surface area contributed by atoms with E-state index in [9.17, 15) is 9.90 Å².